The number of aromatic nitrogens is 6. The molecule has 0 atom stereocenters. The number of nitrogens with two attached hydrogens (primary N) is 1. The van der Waals surface area contributed by atoms with Crippen LogP contribution in [0.1, 0.15) is 19.0 Å². The molecule has 0 aliphatic rings. The molecule has 3 aromatic rings. The third-order valence-electron chi connectivity index (χ3n) is 2.95. The molecule has 0 aliphatic heterocycles. The molecule has 3 aromatic heterocycles. The summed E-state index contributed by atoms with van der Waals surface area (Å²) in [6, 6.07) is 0. The Bertz CT molecular complexity index is 725. The van der Waals surface area contributed by atoms with Gasteiger partial charge in [0.25, 0.3) is 0 Å². The molecule has 7 nitrogen and oxygen atoms in total. The number of nitrogens with one attached hydrogen (secondary N) is 1. The number of rotatable bonds is 3. The van der Waals surface area contributed by atoms with Crippen molar-refractivity contribution in [1.82, 2.24) is 29.7 Å². The Kier molecular flexibility index (Phi) is 2.66. The maximum Gasteiger partial charge on any atom is 0.222 e. The van der Waals surface area contributed by atoms with E-state index < -0.39 is 0 Å². The van der Waals surface area contributed by atoms with Crippen LogP contribution in [-0.2, 0) is 13.5 Å². The first-order chi connectivity index (χ1) is 9.19. The second-order valence-corrected chi connectivity index (χ2v) is 4.44. The molecule has 0 saturated carbocycles. The number of imidazole rings is 1. The van der Waals surface area contributed by atoms with Gasteiger partial charge in [-0.1, -0.05) is 13.3 Å². The summed E-state index contributed by atoms with van der Waals surface area (Å²) in [5.74, 6) is 0.223. The van der Waals surface area contributed by atoms with Crippen LogP contribution >= 0.6 is 0 Å². The molecule has 0 bridgehead atoms. The van der Waals surface area contributed by atoms with Gasteiger partial charge in [-0.05, 0) is 6.42 Å². The summed E-state index contributed by atoms with van der Waals surface area (Å²) >= 11 is 0. The number of hydrogen-bond acceptors (Lipinski definition) is 5. The maximum atomic E-state index is 5.75. The minimum atomic E-state index is 0.223. The molecule has 0 radical (unpaired) electrons. The second-order valence-electron chi connectivity index (χ2n) is 4.44. The Labute approximate surface area is 109 Å². The van der Waals surface area contributed by atoms with E-state index in [0.29, 0.717) is 5.65 Å². The summed E-state index contributed by atoms with van der Waals surface area (Å²) in [6.07, 6.45) is 5.47. The van der Waals surface area contributed by atoms with Gasteiger partial charge in [-0.2, -0.15) is 10.1 Å². The third-order valence-corrected chi connectivity index (χ3v) is 2.95. The maximum absolute atomic E-state index is 5.75. The van der Waals surface area contributed by atoms with Gasteiger partial charge in [0, 0.05) is 18.8 Å². The number of fused-ring (bicyclic) bond motifs is 1. The van der Waals surface area contributed by atoms with Crippen molar-refractivity contribution in [2.45, 2.75) is 19.8 Å². The van der Waals surface area contributed by atoms with Gasteiger partial charge in [0.1, 0.15) is 11.2 Å². The van der Waals surface area contributed by atoms with Gasteiger partial charge in [0.15, 0.2) is 5.65 Å². The standard InChI is InChI=1S/C12H15N7/c1-3-4-8-7(5-19(2)18-8)9-10-11(15-6-14-10)17-12(13)16-9/h5-6H,3-4H2,1-2H3,(H3,13,14,15,16,17). The molecule has 0 aromatic carbocycles. The van der Waals surface area contributed by atoms with Crippen LogP contribution < -0.4 is 5.73 Å². The molecule has 19 heavy (non-hydrogen) atoms. The van der Waals surface area contributed by atoms with E-state index in [4.69, 9.17) is 5.73 Å². The van der Waals surface area contributed by atoms with Gasteiger partial charge in [0.2, 0.25) is 5.95 Å². The van der Waals surface area contributed by atoms with E-state index in [2.05, 4.69) is 32.0 Å². The molecule has 0 unspecified atom stereocenters. The molecule has 0 saturated heterocycles. The third kappa shape index (κ3) is 1.92. The van der Waals surface area contributed by atoms with Crippen molar-refractivity contribution in [2.75, 3.05) is 5.73 Å². The van der Waals surface area contributed by atoms with Crippen molar-refractivity contribution in [2.24, 2.45) is 7.05 Å². The number of H-pyrrole nitrogens is 1. The summed E-state index contributed by atoms with van der Waals surface area (Å²) in [4.78, 5) is 15.6. The highest BCUT2D eigenvalue weighted by atomic mass is 15.3. The smallest absolute Gasteiger partial charge is 0.222 e. The van der Waals surface area contributed by atoms with Crippen LogP contribution in [0, 0.1) is 0 Å². The van der Waals surface area contributed by atoms with Gasteiger partial charge in [-0.3, -0.25) is 4.68 Å². The Balaban J connectivity index is 2.26. The van der Waals surface area contributed by atoms with Crippen molar-refractivity contribution < 1.29 is 0 Å². The van der Waals surface area contributed by atoms with Crippen LogP contribution in [0.4, 0.5) is 5.95 Å². The van der Waals surface area contributed by atoms with Crippen molar-refractivity contribution in [3.8, 4) is 11.3 Å². The first-order valence-corrected chi connectivity index (χ1v) is 6.18. The van der Waals surface area contributed by atoms with Crippen LogP contribution in [0.15, 0.2) is 12.5 Å². The lowest BCUT2D eigenvalue weighted by Crippen LogP contribution is -1.99. The van der Waals surface area contributed by atoms with Crippen LogP contribution in [-0.4, -0.2) is 29.7 Å². The zero-order valence-corrected chi connectivity index (χ0v) is 10.9. The van der Waals surface area contributed by atoms with Crippen LogP contribution in [0.25, 0.3) is 22.4 Å². The monoisotopic (exact) mass is 257 g/mol. The molecule has 3 N–H and O–H groups in total. The summed E-state index contributed by atoms with van der Waals surface area (Å²) in [6.45, 7) is 2.12. The predicted octanol–water partition coefficient (Wildman–Crippen LogP) is 1.29. The lowest BCUT2D eigenvalue weighted by Gasteiger charge is -2.02. The SMILES string of the molecule is CCCc1nn(C)cc1-c1nc(N)nc2nc[nH]c12. The van der Waals surface area contributed by atoms with Gasteiger partial charge >= 0.3 is 0 Å². The fraction of sp³-hybridized carbons (Fsp3) is 0.333. The normalized spacial score (nSPS) is 11.3. The van der Waals surface area contributed by atoms with Crippen LogP contribution in [0.3, 0.4) is 0 Å². The fourth-order valence-corrected chi connectivity index (χ4v) is 2.20. The lowest BCUT2D eigenvalue weighted by molar-refractivity contribution is 0.733. The molecular weight excluding hydrogens is 242 g/mol. The highest BCUT2D eigenvalue weighted by molar-refractivity contribution is 5.88. The van der Waals surface area contributed by atoms with E-state index in [1.165, 1.54) is 0 Å². The fourth-order valence-electron chi connectivity index (χ4n) is 2.20. The van der Waals surface area contributed by atoms with Crippen molar-refractivity contribution in [3.63, 3.8) is 0 Å². The molecule has 3 rings (SSSR count). The van der Waals surface area contributed by atoms with Gasteiger partial charge in [-0.25, -0.2) is 9.97 Å². The molecule has 7 heteroatoms. The van der Waals surface area contributed by atoms with Gasteiger partial charge in [0.05, 0.1) is 12.0 Å². The highest BCUT2D eigenvalue weighted by Crippen LogP contribution is 2.27. The zero-order valence-electron chi connectivity index (χ0n) is 10.9. The van der Waals surface area contributed by atoms with Crippen molar-refractivity contribution >= 4 is 17.1 Å². The molecule has 0 aliphatic carbocycles. The lowest BCUT2D eigenvalue weighted by atomic mass is 10.1. The Morgan fingerprint density at radius 3 is 3.00 bits per heavy atom. The van der Waals surface area contributed by atoms with E-state index in [1.54, 1.807) is 11.0 Å². The number of anilines is 1. The summed E-state index contributed by atoms with van der Waals surface area (Å²) < 4.78 is 1.79. The topological polar surface area (TPSA) is 98.3 Å². The molecule has 0 spiro atoms. The van der Waals surface area contributed by atoms with Crippen LogP contribution in [0.5, 0.6) is 0 Å². The Hall–Kier alpha value is -2.44. The molecular formula is C12H15N7. The number of hydrogen-bond donors (Lipinski definition) is 2. The largest absolute Gasteiger partial charge is 0.368 e. The second kappa shape index (κ2) is 4.34. The number of aromatic amines is 1. The zero-order chi connectivity index (χ0) is 13.4. The highest BCUT2D eigenvalue weighted by Gasteiger charge is 2.16. The van der Waals surface area contributed by atoms with E-state index in [1.807, 2.05) is 13.2 Å². The summed E-state index contributed by atoms with van der Waals surface area (Å²) in [5.41, 5.74) is 9.87. The quantitative estimate of drug-likeness (QED) is 0.736. The van der Waals surface area contributed by atoms with Crippen LogP contribution in [0.2, 0.25) is 0 Å². The minimum Gasteiger partial charge on any atom is -0.368 e. The average molecular weight is 257 g/mol. The summed E-state index contributed by atoms with van der Waals surface area (Å²) in [5, 5.41) is 4.48. The molecule has 0 amide bonds. The minimum absolute atomic E-state index is 0.223. The molecule has 98 valence electrons. The predicted molar refractivity (Wildman–Crippen MR) is 72.3 cm³/mol. The Morgan fingerprint density at radius 2 is 2.21 bits per heavy atom. The van der Waals surface area contributed by atoms with E-state index in [-0.39, 0.29) is 5.95 Å². The number of nitrogens with zero attached hydrogens (tertiary/aromatic N) is 5. The number of aryl methyl sites for hydroxylation is 2. The first kappa shape index (κ1) is 11.6. The van der Waals surface area contributed by atoms with Gasteiger partial charge < -0.3 is 10.7 Å². The van der Waals surface area contributed by atoms with Crippen molar-refractivity contribution in [3.05, 3.63) is 18.2 Å². The molecule has 3 heterocycles. The van der Waals surface area contributed by atoms with E-state index >= 15 is 0 Å². The van der Waals surface area contributed by atoms with Gasteiger partial charge in [-0.15, -0.1) is 0 Å². The van der Waals surface area contributed by atoms with E-state index in [9.17, 15) is 0 Å². The summed E-state index contributed by atoms with van der Waals surface area (Å²) in [7, 11) is 1.90. The molecule has 0 fully saturated rings. The first-order valence-electron chi connectivity index (χ1n) is 6.18. The van der Waals surface area contributed by atoms with Crippen molar-refractivity contribution in [1.29, 1.82) is 0 Å². The van der Waals surface area contributed by atoms with E-state index in [0.717, 1.165) is 35.3 Å². The number of nitrogen functional groups attached to an aromatic ring is 1. The Morgan fingerprint density at radius 1 is 1.37 bits per heavy atom. The average Bonchev–Trinajstić information content (AvgIpc) is 2.95.